The minimum absolute atomic E-state index is 0.0777. The van der Waals surface area contributed by atoms with Crippen LogP contribution in [-0.4, -0.2) is 46.2 Å². The zero-order chi connectivity index (χ0) is 14.8. The topological polar surface area (TPSA) is 57.7 Å². The van der Waals surface area contributed by atoms with Gasteiger partial charge in [0.1, 0.15) is 6.29 Å². The third kappa shape index (κ3) is 3.02. The van der Waals surface area contributed by atoms with Crippen molar-refractivity contribution in [2.45, 2.75) is 17.7 Å². The average Bonchev–Trinajstić information content (AvgIpc) is 2.47. The third-order valence-corrected chi connectivity index (χ3v) is 5.46. The number of hydrogen-bond donors (Lipinski definition) is 0. The van der Waals surface area contributed by atoms with Crippen LogP contribution in [0.15, 0.2) is 29.2 Å². The predicted octanol–water partition coefficient (Wildman–Crippen LogP) is 1.35. The number of piperidine rings is 1. The van der Waals surface area contributed by atoms with Crippen LogP contribution in [0.4, 0.5) is 5.69 Å². The van der Waals surface area contributed by atoms with Gasteiger partial charge in [0.25, 0.3) is 0 Å². The van der Waals surface area contributed by atoms with Gasteiger partial charge in [-0.3, -0.25) is 0 Å². The summed E-state index contributed by atoms with van der Waals surface area (Å²) in [6.45, 7) is 1.62. The molecule has 1 unspecified atom stereocenters. The van der Waals surface area contributed by atoms with E-state index in [1.54, 1.807) is 12.1 Å². The molecule has 0 bridgehead atoms. The van der Waals surface area contributed by atoms with Crippen LogP contribution in [0.3, 0.4) is 0 Å². The maximum atomic E-state index is 12.0. The summed E-state index contributed by atoms with van der Waals surface area (Å²) in [7, 11) is -0.348. The summed E-state index contributed by atoms with van der Waals surface area (Å²) in [5.74, 6) is 0.0777. The summed E-state index contributed by atoms with van der Waals surface area (Å²) in [4.78, 5) is 13.3. The molecular weight excluding hydrogens is 276 g/mol. The van der Waals surface area contributed by atoms with Gasteiger partial charge in [0.2, 0.25) is 10.0 Å². The summed E-state index contributed by atoms with van der Waals surface area (Å²) >= 11 is 0. The number of sulfonamides is 1. The second-order valence-electron chi connectivity index (χ2n) is 5.27. The first kappa shape index (κ1) is 15.0. The molecule has 1 aromatic carbocycles. The summed E-state index contributed by atoms with van der Waals surface area (Å²) in [6.07, 6.45) is 2.94. The lowest BCUT2D eigenvalue weighted by molar-refractivity contribution is -0.111. The van der Waals surface area contributed by atoms with E-state index in [4.69, 9.17) is 0 Å². The van der Waals surface area contributed by atoms with Crippen LogP contribution < -0.4 is 4.90 Å². The van der Waals surface area contributed by atoms with Gasteiger partial charge in [-0.2, -0.15) is 0 Å². The molecule has 1 aliphatic heterocycles. The van der Waals surface area contributed by atoms with Crippen molar-refractivity contribution in [3.8, 4) is 0 Å². The van der Waals surface area contributed by atoms with Gasteiger partial charge in [-0.1, -0.05) is 0 Å². The highest BCUT2D eigenvalue weighted by molar-refractivity contribution is 7.89. The van der Waals surface area contributed by atoms with E-state index < -0.39 is 10.0 Å². The minimum atomic E-state index is -3.38. The zero-order valence-corrected chi connectivity index (χ0v) is 12.6. The van der Waals surface area contributed by atoms with Gasteiger partial charge in [0.15, 0.2) is 0 Å². The van der Waals surface area contributed by atoms with Crippen molar-refractivity contribution in [3.05, 3.63) is 24.3 Å². The summed E-state index contributed by atoms with van der Waals surface area (Å²) in [6, 6.07) is 6.86. The van der Waals surface area contributed by atoms with Crippen molar-refractivity contribution in [1.82, 2.24) is 4.31 Å². The Morgan fingerprint density at radius 1 is 1.25 bits per heavy atom. The SMILES string of the molecule is CN(C)S(=O)(=O)c1ccc(N2CCCC(C=O)C2)cc1. The van der Waals surface area contributed by atoms with E-state index in [1.165, 1.54) is 18.4 Å². The van der Waals surface area contributed by atoms with E-state index in [1.807, 2.05) is 12.1 Å². The van der Waals surface area contributed by atoms with Crippen molar-refractivity contribution in [1.29, 1.82) is 0 Å². The highest BCUT2D eigenvalue weighted by atomic mass is 32.2. The quantitative estimate of drug-likeness (QED) is 0.787. The molecule has 0 amide bonds. The van der Waals surface area contributed by atoms with Gasteiger partial charge >= 0.3 is 0 Å². The first-order valence-electron chi connectivity index (χ1n) is 6.68. The van der Waals surface area contributed by atoms with E-state index >= 15 is 0 Å². The Hall–Kier alpha value is -1.40. The molecule has 1 fully saturated rings. The monoisotopic (exact) mass is 296 g/mol. The lowest BCUT2D eigenvalue weighted by Crippen LogP contribution is -2.35. The van der Waals surface area contributed by atoms with Crippen LogP contribution in [0, 0.1) is 5.92 Å². The maximum absolute atomic E-state index is 12.0. The molecule has 1 saturated heterocycles. The highest BCUT2D eigenvalue weighted by Crippen LogP contribution is 2.24. The van der Waals surface area contributed by atoms with Crippen molar-refractivity contribution in [2.75, 3.05) is 32.1 Å². The lowest BCUT2D eigenvalue weighted by Gasteiger charge is -2.32. The van der Waals surface area contributed by atoms with Gasteiger partial charge < -0.3 is 9.69 Å². The number of anilines is 1. The normalized spacial score (nSPS) is 20.1. The molecule has 1 heterocycles. The van der Waals surface area contributed by atoms with Gasteiger partial charge in [-0.25, -0.2) is 12.7 Å². The fourth-order valence-electron chi connectivity index (χ4n) is 2.40. The second-order valence-corrected chi connectivity index (χ2v) is 7.42. The minimum Gasteiger partial charge on any atom is -0.371 e. The van der Waals surface area contributed by atoms with Crippen molar-refractivity contribution < 1.29 is 13.2 Å². The fourth-order valence-corrected chi connectivity index (χ4v) is 3.30. The van der Waals surface area contributed by atoms with Crippen molar-refractivity contribution in [3.63, 3.8) is 0 Å². The number of carbonyl (C=O) groups is 1. The molecule has 0 radical (unpaired) electrons. The summed E-state index contributed by atoms with van der Waals surface area (Å²) in [5.41, 5.74) is 0.967. The molecule has 0 aromatic heterocycles. The number of benzene rings is 1. The lowest BCUT2D eigenvalue weighted by atomic mass is 9.99. The van der Waals surface area contributed by atoms with Crippen molar-refractivity contribution >= 4 is 22.0 Å². The molecule has 2 rings (SSSR count). The fraction of sp³-hybridized carbons (Fsp3) is 0.500. The first-order chi connectivity index (χ1) is 9.45. The zero-order valence-electron chi connectivity index (χ0n) is 11.8. The Kier molecular flexibility index (Phi) is 4.45. The van der Waals surface area contributed by atoms with E-state index in [0.29, 0.717) is 6.54 Å². The van der Waals surface area contributed by atoms with Gasteiger partial charge in [0.05, 0.1) is 4.90 Å². The molecule has 0 saturated carbocycles. The van der Waals surface area contributed by atoms with Crippen LogP contribution in [0.1, 0.15) is 12.8 Å². The van der Waals surface area contributed by atoms with Crippen molar-refractivity contribution in [2.24, 2.45) is 5.92 Å². The van der Waals surface area contributed by atoms with E-state index in [2.05, 4.69) is 4.90 Å². The van der Waals surface area contributed by atoms with Crippen LogP contribution in [-0.2, 0) is 14.8 Å². The molecule has 0 aliphatic carbocycles. The number of carbonyl (C=O) groups excluding carboxylic acids is 1. The van der Waals surface area contributed by atoms with Crippen LogP contribution in [0.25, 0.3) is 0 Å². The standard InChI is InChI=1S/C14H20N2O3S/c1-15(2)20(18,19)14-7-5-13(6-8-14)16-9-3-4-12(10-16)11-17/h5-8,11-12H,3-4,9-10H2,1-2H3. The Bertz CT molecular complexity index is 567. The third-order valence-electron chi connectivity index (χ3n) is 3.63. The Balaban J connectivity index is 2.18. The van der Waals surface area contributed by atoms with Crippen LogP contribution in [0.2, 0.25) is 0 Å². The largest absolute Gasteiger partial charge is 0.371 e. The molecule has 6 heteroatoms. The van der Waals surface area contributed by atoms with Gasteiger partial charge in [-0.05, 0) is 37.1 Å². The number of hydrogen-bond acceptors (Lipinski definition) is 4. The Morgan fingerprint density at radius 3 is 2.45 bits per heavy atom. The molecule has 0 spiro atoms. The first-order valence-corrected chi connectivity index (χ1v) is 8.12. The summed E-state index contributed by atoms with van der Waals surface area (Å²) in [5, 5.41) is 0. The van der Waals surface area contributed by atoms with Gasteiger partial charge in [-0.15, -0.1) is 0 Å². The van der Waals surface area contributed by atoms with E-state index in [9.17, 15) is 13.2 Å². The van der Waals surface area contributed by atoms with E-state index in [-0.39, 0.29) is 10.8 Å². The molecule has 0 N–H and O–H groups in total. The second kappa shape index (κ2) is 5.93. The van der Waals surface area contributed by atoms with E-state index in [0.717, 1.165) is 31.4 Å². The number of rotatable bonds is 4. The predicted molar refractivity (Wildman–Crippen MR) is 78.3 cm³/mol. The molecule has 1 atom stereocenters. The molecule has 1 aliphatic rings. The molecule has 5 nitrogen and oxygen atoms in total. The molecule has 1 aromatic rings. The molecule has 20 heavy (non-hydrogen) atoms. The Labute approximate surface area is 120 Å². The highest BCUT2D eigenvalue weighted by Gasteiger charge is 2.21. The smallest absolute Gasteiger partial charge is 0.242 e. The molecular formula is C14H20N2O3S. The van der Waals surface area contributed by atoms with Crippen LogP contribution in [0.5, 0.6) is 0 Å². The van der Waals surface area contributed by atoms with Gasteiger partial charge in [0, 0.05) is 38.8 Å². The van der Waals surface area contributed by atoms with Crippen LogP contribution >= 0.6 is 0 Å². The average molecular weight is 296 g/mol. The number of aldehydes is 1. The Morgan fingerprint density at radius 2 is 1.90 bits per heavy atom. The molecule has 110 valence electrons. The summed E-state index contributed by atoms with van der Waals surface area (Å²) < 4.78 is 25.2. The maximum Gasteiger partial charge on any atom is 0.242 e. The number of nitrogens with zero attached hydrogens (tertiary/aromatic N) is 2.